The maximum Gasteiger partial charge on any atom is 0.249 e. The second-order valence-corrected chi connectivity index (χ2v) is 14.6. The number of unbranched alkanes of at least 4 members (excludes halogenated alkanes) is 30. The first-order chi connectivity index (χ1) is 23.1. The van der Waals surface area contributed by atoms with Crippen LogP contribution in [0.25, 0.3) is 0 Å². The van der Waals surface area contributed by atoms with Gasteiger partial charge in [0.2, 0.25) is 5.91 Å². The molecule has 0 bridgehead atoms. The summed E-state index contributed by atoms with van der Waals surface area (Å²) in [7, 11) is 0. The van der Waals surface area contributed by atoms with E-state index in [0.717, 1.165) is 32.1 Å². The Morgan fingerprint density at radius 3 is 1.17 bits per heavy atom. The van der Waals surface area contributed by atoms with Crippen molar-refractivity contribution in [1.82, 2.24) is 5.32 Å². The third-order valence-corrected chi connectivity index (χ3v) is 9.88. The summed E-state index contributed by atoms with van der Waals surface area (Å²) in [5.74, 6) is -0.500. The fourth-order valence-corrected chi connectivity index (χ4v) is 6.54. The van der Waals surface area contributed by atoms with Gasteiger partial charge in [-0.25, -0.2) is 0 Å². The minimum atomic E-state index is -1.09. The number of aliphatic hydroxyl groups is 3. The molecule has 1 amide bonds. The van der Waals surface area contributed by atoms with Crippen molar-refractivity contribution in [2.75, 3.05) is 6.61 Å². The molecule has 3 unspecified atom stereocenters. The molecule has 4 N–H and O–H groups in total. The van der Waals surface area contributed by atoms with Crippen molar-refractivity contribution in [2.24, 2.45) is 0 Å². The van der Waals surface area contributed by atoms with Crippen LogP contribution in [0.3, 0.4) is 0 Å². The molecule has 0 aliphatic carbocycles. The Morgan fingerprint density at radius 1 is 0.511 bits per heavy atom. The Morgan fingerprint density at radius 2 is 0.830 bits per heavy atom. The van der Waals surface area contributed by atoms with E-state index >= 15 is 0 Å². The highest BCUT2D eigenvalue weighted by Gasteiger charge is 2.22. The van der Waals surface area contributed by atoms with Gasteiger partial charge in [-0.1, -0.05) is 219 Å². The summed E-state index contributed by atoms with van der Waals surface area (Å²) in [6.45, 7) is 4.19. The third kappa shape index (κ3) is 33.4. The van der Waals surface area contributed by atoms with Gasteiger partial charge < -0.3 is 20.6 Å². The zero-order valence-electron chi connectivity index (χ0n) is 31.7. The molecule has 0 fully saturated rings. The fraction of sp³-hybridized carbons (Fsp3) is 0.929. The lowest BCUT2D eigenvalue weighted by molar-refractivity contribution is -0.131. The highest BCUT2D eigenvalue weighted by Crippen LogP contribution is 2.16. The third-order valence-electron chi connectivity index (χ3n) is 9.88. The second-order valence-electron chi connectivity index (χ2n) is 14.6. The first-order valence-corrected chi connectivity index (χ1v) is 21.0. The SMILES string of the molecule is CCCCCCCCCCCCCCCCCC/C=C/C(O)C(CO)NC(=O)C(O)CCCCCCCCCCCCCCCCC. The maximum atomic E-state index is 12.4. The van der Waals surface area contributed by atoms with Crippen molar-refractivity contribution in [3.63, 3.8) is 0 Å². The number of aliphatic hydroxyl groups excluding tert-OH is 3. The van der Waals surface area contributed by atoms with E-state index in [9.17, 15) is 20.1 Å². The van der Waals surface area contributed by atoms with Gasteiger partial charge in [-0.15, -0.1) is 0 Å². The van der Waals surface area contributed by atoms with Gasteiger partial charge in [0.1, 0.15) is 6.10 Å². The quantitative estimate of drug-likeness (QED) is 0.0390. The predicted octanol–water partition coefficient (Wildman–Crippen LogP) is 11.7. The number of hydrogen-bond donors (Lipinski definition) is 4. The smallest absolute Gasteiger partial charge is 0.249 e. The molecule has 0 aromatic rings. The average Bonchev–Trinajstić information content (AvgIpc) is 3.07. The van der Waals surface area contributed by atoms with Crippen LogP contribution in [0, 0.1) is 0 Å². The molecule has 0 heterocycles. The number of amides is 1. The fourth-order valence-electron chi connectivity index (χ4n) is 6.54. The maximum absolute atomic E-state index is 12.4. The highest BCUT2D eigenvalue weighted by molar-refractivity contribution is 5.80. The van der Waals surface area contributed by atoms with E-state index in [1.165, 1.54) is 173 Å². The standard InChI is InChI=1S/C42H83NO4/c1-3-5-7-9-11-13-15-17-19-20-21-23-24-26-28-30-32-34-36-40(45)39(38-44)43-42(47)41(46)37-35-33-31-29-27-25-22-18-16-14-12-10-8-6-4-2/h34,36,39-41,44-46H,3-33,35,37-38H2,1-2H3,(H,43,47)/b36-34+. The first-order valence-electron chi connectivity index (χ1n) is 21.0. The van der Waals surface area contributed by atoms with Crippen molar-refractivity contribution < 1.29 is 20.1 Å². The predicted molar refractivity (Wildman–Crippen MR) is 204 cm³/mol. The molecule has 0 radical (unpaired) electrons. The molecule has 0 saturated heterocycles. The van der Waals surface area contributed by atoms with Crippen LogP contribution in [0.2, 0.25) is 0 Å². The minimum absolute atomic E-state index is 0.359. The van der Waals surface area contributed by atoms with E-state index in [1.807, 2.05) is 6.08 Å². The van der Waals surface area contributed by atoms with Gasteiger partial charge in [-0.2, -0.15) is 0 Å². The number of rotatable bonds is 38. The van der Waals surface area contributed by atoms with Gasteiger partial charge in [-0.05, 0) is 19.3 Å². The summed E-state index contributed by atoms with van der Waals surface area (Å²) in [4.78, 5) is 12.4. The molecule has 0 aromatic carbocycles. The lowest BCUT2D eigenvalue weighted by atomic mass is 10.0. The lowest BCUT2D eigenvalue weighted by Crippen LogP contribution is -2.48. The molecule has 0 spiro atoms. The van der Waals surface area contributed by atoms with Gasteiger partial charge in [0.15, 0.2) is 0 Å². The van der Waals surface area contributed by atoms with Gasteiger partial charge >= 0.3 is 0 Å². The van der Waals surface area contributed by atoms with Gasteiger partial charge in [0.05, 0.1) is 18.8 Å². The summed E-state index contributed by atoms with van der Waals surface area (Å²) >= 11 is 0. The van der Waals surface area contributed by atoms with Crippen LogP contribution in [0.5, 0.6) is 0 Å². The normalized spacial score (nSPS) is 13.7. The van der Waals surface area contributed by atoms with Crippen molar-refractivity contribution in [3.05, 3.63) is 12.2 Å². The van der Waals surface area contributed by atoms with E-state index < -0.39 is 24.2 Å². The van der Waals surface area contributed by atoms with Crippen LogP contribution in [-0.4, -0.2) is 46.1 Å². The largest absolute Gasteiger partial charge is 0.394 e. The summed E-state index contributed by atoms with van der Waals surface area (Å²) in [5, 5.41) is 33.1. The van der Waals surface area contributed by atoms with Crippen molar-refractivity contribution in [2.45, 2.75) is 244 Å². The van der Waals surface area contributed by atoms with Crippen LogP contribution >= 0.6 is 0 Å². The number of nitrogens with one attached hydrogen (secondary N) is 1. The molecule has 0 aliphatic rings. The zero-order chi connectivity index (χ0) is 34.5. The van der Waals surface area contributed by atoms with Crippen LogP contribution in [0.15, 0.2) is 12.2 Å². The van der Waals surface area contributed by atoms with E-state index in [4.69, 9.17) is 0 Å². The minimum Gasteiger partial charge on any atom is -0.394 e. The molecule has 47 heavy (non-hydrogen) atoms. The molecule has 0 rings (SSSR count). The molecule has 3 atom stereocenters. The van der Waals surface area contributed by atoms with Crippen molar-refractivity contribution in [3.8, 4) is 0 Å². The molecule has 0 aliphatic heterocycles. The molecule has 0 aromatic heterocycles. The van der Waals surface area contributed by atoms with Crippen LogP contribution in [0.1, 0.15) is 226 Å². The van der Waals surface area contributed by atoms with Crippen LogP contribution in [0.4, 0.5) is 0 Å². The lowest BCUT2D eigenvalue weighted by Gasteiger charge is -2.21. The number of carbonyl (C=O) groups is 1. The summed E-state index contributed by atoms with van der Waals surface area (Å²) in [6, 6.07) is -0.791. The van der Waals surface area contributed by atoms with Crippen molar-refractivity contribution in [1.29, 1.82) is 0 Å². The molecule has 280 valence electrons. The number of allylic oxidation sites excluding steroid dienone is 1. The monoisotopic (exact) mass is 666 g/mol. The van der Waals surface area contributed by atoms with Crippen molar-refractivity contribution >= 4 is 5.91 Å². The molecule has 5 heteroatoms. The average molecular weight is 666 g/mol. The molecule has 0 saturated carbocycles. The van der Waals surface area contributed by atoms with E-state index in [1.54, 1.807) is 6.08 Å². The van der Waals surface area contributed by atoms with E-state index in [-0.39, 0.29) is 6.61 Å². The Balaban J connectivity index is 3.67. The van der Waals surface area contributed by atoms with Crippen LogP contribution in [-0.2, 0) is 4.79 Å². The Labute approximate surface area is 293 Å². The second kappa shape index (κ2) is 37.9. The number of hydrogen-bond acceptors (Lipinski definition) is 4. The zero-order valence-corrected chi connectivity index (χ0v) is 31.7. The van der Waals surface area contributed by atoms with Crippen LogP contribution < -0.4 is 5.32 Å². The molecular formula is C42H83NO4. The first kappa shape index (κ1) is 46.1. The topological polar surface area (TPSA) is 89.8 Å². The molecular weight excluding hydrogens is 582 g/mol. The Kier molecular flexibility index (Phi) is 37.2. The summed E-state index contributed by atoms with van der Waals surface area (Å²) in [5.41, 5.74) is 0. The Bertz CT molecular complexity index is 655. The van der Waals surface area contributed by atoms with E-state index in [0.29, 0.717) is 6.42 Å². The van der Waals surface area contributed by atoms with Gasteiger partial charge in [0.25, 0.3) is 0 Å². The molecule has 5 nitrogen and oxygen atoms in total. The van der Waals surface area contributed by atoms with Gasteiger partial charge in [0, 0.05) is 0 Å². The summed E-state index contributed by atoms with van der Waals surface area (Å²) in [6.07, 6.45) is 43.8. The van der Waals surface area contributed by atoms with Gasteiger partial charge in [-0.3, -0.25) is 4.79 Å². The Hall–Kier alpha value is -0.910. The van der Waals surface area contributed by atoms with E-state index in [2.05, 4.69) is 19.2 Å². The highest BCUT2D eigenvalue weighted by atomic mass is 16.3. The number of carbonyl (C=O) groups excluding carboxylic acids is 1. The summed E-state index contributed by atoms with van der Waals surface area (Å²) < 4.78 is 0.